The number of halogens is 1. The van der Waals surface area contributed by atoms with Crippen molar-refractivity contribution in [2.24, 2.45) is 5.73 Å². The fourth-order valence-corrected chi connectivity index (χ4v) is 3.73. The number of alkyl halides is 1. The third kappa shape index (κ3) is 5.24. The van der Waals surface area contributed by atoms with Gasteiger partial charge in [0.1, 0.15) is 5.75 Å². The van der Waals surface area contributed by atoms with Crippen molar-refractivity contribution in [3.8, 4) is 5.75 Å². The van der Waals surface area contributed by atoms with Gasteiger partial charge in [-0.1, -0.05) is 59.0 Å². The molecule has 4 heteroatoms. The fraction of sp³-hybridized carbons (Fsp3) is 0.478. The number of ether oxygens (including phenoxy) is 1. The van der Waals surface area contributed by atoms with Crippen molar-refractivity contribution in [1.29, 1.82) is 0 Å². The van der Waals surface area contributed by atoms with E-state index in [1.165, 1.54) is 41.5 Å². The molecule has 1 aliphatic carbocycles. The third-order valence-electron chi connectivity index (χ3n) is 5.56. The van der Waals surface area contributed by atoms with Gasteiger partial charge in [-0.15, -0.1) is 0 Å². The molecule has 4 rings (SSSR count). The smallest absolute Gasteiger partial charge is 0.123 e. The van der Waals surface area contributed by atoms with Crippen molar-refractivity contribution in [2.45, 2.75) is 57.8 Å². The number of hydrogen-bond donors (Lipinski definition) is 1. The van der Waals surface area contributed by atoms with E-state index in [-0.39, 0.29) is 6.04 Å². The minimum Gasteiger partial charge on any atom is -0.490 e. The van der Waals surface area contributed by atoms with Crippen LogP contribution in [0.5, 0.6) is 5.75 Å². The molecule has 1 heterocycles. The molecule has 146 valence electrons. The lowest BCUT2D eigenvalue weighted by molar-refractivity contribution is 0.117. The van der Waals surface area contributed by atoms with Gasteiger partial charge in [0.05, 0.1) is 6.10 Å². The highest BCUT2D eigenvalue weighted by Gasteiger charge is 2.23. The highest BCUT2D eigenvalue weighted by Crippen LogP contribution is 2.32. The quantitative estimate of drug-likeness (QED) is 0.472. The lowest BCUT2D eigenvalue weighted by Crippen LogP contribution is -2.31. The van der Waals surface area contributed by atoms with Crippen molar-refractivity contribution in [2.75, 3.05) is 11.5 Å². The van der Waals surface area contributed by atoms with Crippen LogP contribution in [-0.4, -0.2) is 22.5 Å². The highest BCUT2D eigenvalue weighted by molar-refractivity contribution is 14.1. The van der Waals surface area contributed by atoms with Crippen molar-refractivity contribution in [3.05, 3.63) is 64.7 Å². The van der Waals surface area contributed by atoms with Crippen molar-refractivity contribution in [1.82, 2.24) is 4.90 Å². The minimum absolute atomic E-state index is 0.102. The van der Waals surface area contributed by atoms with Crippen LogP contribution in [0.4, 0.5) is 0 Å². The number of hydrogen-bond acceptors (Lipinski definition) is 3. The average Bonchev–Trinajstić information content (AvgIpc) is 2.66. The summed E-state index contributed by atoms with van der Waals surface area (Å²) in [7, 11) is 0. The Hall–Kier alpha value is -1.11. The zero-order valence-electron chi connectivity index (χ0n) is 16.5. The van der Waals surface area contributed by atoms with E-state index in [2.05, 4.69) is 70.0 Å². The zero-order valence-corrected chi connectivity index (χ0v) is 18.6. The molecule has 0 amide bonds. The first-order valence-electron chi connectivity index (χ1n) is 9.91. The van der Waals surface area contributed by atoms with E-state index in [1.54, 1.807) is 0 Å². The molecule has 2 aromatic carbocycles. The van der Waals surface area contributed by atoms with E-state index in [0.717, 1.165) is 31.8 Å². The summed E-state index contributed by atoms with van der Waals surface area (Å²) in [6, 6.07) is 15.4. The second-order valence-electron chi connectivity index (χ2n) is 7.56. The molecule has 0 aromatic heterocycles. The molecule has 2 N–H and O–H groups in total. The lowest BCUT2D eigenvalue weighted by Gasteiger charge is -2.32. The summed E-state index contributed by atoms with van der Waals surface area (Å²) in [5.41, 5.74) is 11.4. The Balaban J connectivity index is 0.00000102. The number of rotatable bonds is 5. The van der Waals surface area contributed by atoms with E-state index >= 15 is 0 Å². The molecule has 3 nitrogen and oxygen atoms in total. The maximum Gasteiger partial charge on any atom is 0.123 e. The SMILES string of the molecule is CI.C[C@H](N)c1ccc(CN2CCc3c(cccc3OC3CCC3)C2)cc1. The van der Waals surface area contributed by atoms with Gasteiger partial charge in [-0.05, 0) is 65.9 Å². The van der Waals surface area contributed by atoms with Gasteiger partial charge in [0.15, 0.2) is 0 Å². The molecule has 1 aliphatic heterocycles. The summed E-state index contributed by atoms with van der Waals surface area (Å²) in [6.07, 6.45) is 5.28. The van der Waals surface area contributed by atoms with Crippen LogP contribution in [0.25, 0.3) is 0 Å². The normalized spacial score (nSPS) is 17.9. The van der Waals surface area contributed by atoms with Gasteiger partial charge < -0.3 is 10.5 Å². The monoisotopic (exact) mass is 478 g/mol. The Kier molecular flexibility index (Phi) is 7.56. The Morgan fingerprint density at radius 3 is 2.52 bits per heavy atom. The van der Waals surface area contributed by atoms with E-state index in [0.29, 0.717) is 6.10 Å². The van der Waals surface area contributed by atoms with Gasteiger partial charge >= 0.3 is 0 Å². The van der Waals surface area contributed by atoms with Crippen molar-refractivity contribution >= 4 is 22.6 Å². The third-order valence-corrected chi connectivity index (χ3v) is 5.56. The van der Waals surface area contributed by atoms with Gasteiger partial charge in [0.25, 0.3) is 0 Å². The Bertz CT molecular complexity index is 726. The van der Waals surface area contributed by atoms with Crippen LogP contribution in [0, 0.1) is 0 Å². The van der Waals surface area contributed by atoms with E-state index < -0.39 is 0 Å². The Morgan fingerprint density at radius 1 is 1.15 bits per heavy atom. The maximum absolute atomic E-state index is 6.21. The lowest BCUT2D eigenvalue weighted by atomic mass is 9.95. The van der Waals surface area contributed by atoms with E-state index in [1.807, 2.05) is 11.9 Å². The number of nitrogens with two attached hydrogens (primary N) is 1. The van der Waals surface area contributed by atoms with Crippen molar-refractivity contribution < 1.29 is 4.74 Å². The van der Waals surface area contributed by atoms with Gasteiger partial charge in [-0.3, -0.25) is 4.90 Å². The standard InChI is InChI=1S/C22H28N2O.CH3I/c1-16(23)18-10-8-17(9-11-18)14-24-13-12-21-19(15-24)4-2-7-22(21)25-20-5-3-6-20;1-2/h2,4,7-11,16,20H,3,5-6,12-15,23H2,1H3;1H3/t16-;/m0./s1. The summed E-state index contributed by atoms with van der Waals surface area (Å²) in [5.74, 6) is 1.13. The van der Waals surface area contributed by atoms with E-state index in [4.69, 9.17) is 10.5 Å². The predicted octanol–water partition coefficient (Wildman–Crippen LogP) is 5.25. The molecule has 0 spiro atoms. The van der Waals surface area contributed by atoms with Crippen LogP contribution >= 0.6 is 22.6 Å². The second kappa shape index (κ2) is 9.89. The van der Waals surface area contributed by atoms with Crippen LogP contribution in [0.2, 0.25) is 0 Å². The first-order chi connectivity index (χ1) is 13.2. The predicted molar refractivity (Wildman–Crippen MR) is 122 cm³/mol. The molecule has 1 saturated carbocycles. The molecule has 2 aromatic rings. The molecule has 0 saturated heterocycles. The van der Waals surface area contributed by atoms with Crippen molar-refractivity contribution in [3.63, 3.8) is 0 Å². The van der Waals surface area contributed by atoms with Gasteiger partial charge in [0, 0.05) is 25.7 Å². The van der Waals surface area contributed by atoms with Gasteiger partial charge in [-0.25, -0.2) is 0 Å². The van der Waals surface area contributed by atoms with Crippen LogP contribution < -0.4 is 10.5 Å². The first kappa shape index (κ1) is 20.6. The molecule has 27 heavy (non-hydrogen) atoms. The molecule has 1 fully saturated rings. The maximum atomic E-state index is 6.21. The van der Waals surface area contributed by atoms with Gasteiger partial charge in [0.2, 0.25) is 0 Å². The largest absolute Gasteiger partial charge is 0.490 e. The highest BCUT2D eigenvalue weighted by atomic mass is 127. The summed E-state index contributed by atoms with van der Waals surface area (Å²) in [6.45, 7) is 5.12. The molecule has 0 bridgehead atoms. The average molecular weight is 478 g/mol. The summed E-state index contributed by atoms with van der Waals surface area (Å²) in [5, 5.41) is 0. The first-order valence-corrected chi connectivity index (χ1v) is 12.1. The zero-order chi connectivity index (χ0) is 19.2. The Morgan fingerprint density at radius 2 is 1.89 bits per heavy atom. The molecule has 0 unspecified atom stereocenters. The van der Waals surface area contributed by atoms with Gasteiger partial charge in [-0.2, -0.15) is 0 Å². The summed E-state index contributed by atoms with van der Waals surface area (Å²) < 4.78 is 6.21. The molecular formula is C23H31IN2O. The van der Waals surface area contributed by atoms with Crippen LogP contribution in [-0.2, 0) is 19.5 Å². The van der Waals surface area contributed by atoms with Crippen LogP contribution in [0.1, 0.15) is 54.5 Å². The molecular weight excluding hydrogens is 447 g/mol. The molecule has 1 atom stereocenters. The summed E-state index contributed by atoms with van der Waals surface area (Å²) in [4.78, 5) is 4.49. The molecule has 2 aliphatic rings. The topological polar surface area (TPSA) is 38.5 Å². The van der Waals surface area contributed by atoms with Crippen LogP contribution in [0.15, 0.2) is 42.5 Å². The number of fused-ring (bicyclic) bond motifs is 1. The number of benzene rings is 2. The number of nitrogens with zero attached hydrogens (tertiary/aromatic N) is 1. The van der Waals surface area contributed by atoms with Crippen LogP contribution in [0.3, 0.4) is 0 Å². The summed E-state index contributed by atoms with van der Waals surface area (Å²) >= 11 is 2.15. The van der Waals surface area contributed by atoms with E-state index in [9.17, 15) is 0 Å². The fourth-order valence-electron chi connectivity index (χ4n) is 3.73. The second-order valence-corrected chi connectivity index (χ2v) is 7.56. The Labute approximate surface area is 177 Å². The minimum atomic E-state index is 0.102. The molecule has 0 radical (unpaired) electrons.